The van der Waals surface area contributed by atoms with Gasteiger partial charge in [-0.1, -0.05) is 60.7 Å². The van der Waals surface area contributed by atoms with Crippen LogP contribution in [0.5, 0.6) is 0 Å². The zero-order valence-electron chi connectivity index (χ0n) is 14.0. The van der Waals surface area contributed by atoms with Gasteiger partial charge >= 0.3 is 5.97 Å². The molecule has 1 saturated heterocycles. The summed E-state index contributed by atoms with van der Waals surface area (Å²) in [6.45, 7) is 1.37. The van der Waals surface area contributed by atoms with Crippen molar-refractivity contribution in [1.82, 2.24) is 5.32 Å². The molecule has 0 unspecified atom stereocenters. The van der Waals surface area contributed by atoms with Crippen LogP contribution in [0.1, 0.15) is 30.1 Å². The van der Waals surface area contributed by atoms with E-state index in [0.29, 0.717) is 6.54 Å². The quantitative estimate of drug-likeness (QED) is 0.803. The fourth-order valence-electron chi connectivity index (χ4n) is 3.11. The summed E-state index contributed by atoms with van der Waals surface area (Å²) in [6.07, 6.45) is 0.133. The molecule has 0 radical (unpaired) electrons. The third-order valence-electron chi connectivity index (χ3n) is 4.47. The van der Waals surface area contributed by atoms with Crippen LogP contribution in [-0.2, 0) is 9.53 Å². The summed E-state index contributed by atoms with van der Waals surface area (Å²) >= 11 is 0. The number of hydrogen-bond donors (Lipinski definition) is 2. The average Bonchev–Trinajstić information content (AvgIpc) is 2.63. The molecule has 1 fully saturated rings. The molecule has 0 aromatic heterocycles. The van der Waals surface area contributed by atoms with E-state index in [1.807, 2.05) is 60.7 Å². The number of aliphatic hydroxyl groups is 1. The molecule has 1 heterocycles. The smallest absolute Gasteiger partial charge is 0.307 e. The summed E-state index contributed by atoms with van der Waals surface area (Å²) in [4.78, 5) is 12.5. The van der Waals surface area contributed by atoms with Gasteiger partial charge in [0.15, 0.2) is 6.10 Å². The highest BCUT2D eigenvalue weighted by molar-refractivity contribution is 5.85. The minimum atomic E-state index is -0.488. The lowest BCUT2D eigenvalue weighted by Gasteiger charge is -2.28. The normalized spacial score (nSPS) is 19.9. The summed E-state index contributed by atoms with van der Waals surface area (Å²) in [6, 6.07) is 19.5. The highest BCUT2D eigenvalue weighted by Gasteiger charge is 2.27. The van der Waals surface area contributed by atoms with E-state index in [1.54, 1.807) is 0 Å². The van der Waals surface area contributed by atoms with Crippen LogP contribution >= 0.6 is 12.4 Å². The van der Waals surface area contributed by atoms with Crippen LogP contribution in [0.4, 0.5) is 0 Å². The Labute approximate surface area is 154 Å². The molecule has 0 bridgehead atoms. The fourth-order valence-corrected chi connectivity index (χ4v) is 3.11. The molecule has 2 atom stereocenters. The molecule has 3 rings (SSSR count). The molecule has 1 aliphatic rings. The molecule has 0 aliphatic carbocycles. The maximum Gasteiger partial charge on any atom is 0.307 e. The van der Waals surface area contributed by atoms with Crippen molar-refractivity contribution in [3.05, 3.63) is 71.8 Å². The first-order valence-electron chi connectivity index (χ1n) is 8.42. The van der Waals surface area contributed by atoms with Crippen LogP contribution in [0.15, 0.2) is 60.7 Å². The summed E-state index contributed by atoms with van der Waals surface area (Å²) in [5, 5.41) is 13.1. The second-order valence-corrected chi connectivity index (χ2v) is 6.22. The highest BCUT2D eigenvalue weighted by Crippen LogP contribution is 2.27. The van der Waals surface area contributed by atoms with Crippen molar-refractivity contribution in [2.75, 3.05) is 13.1 Å². The van der Waals surface area contributed by atoms with Gasteiger partial charge in [0.2, 0.25) is 0 Å². The maximum atomic E-state index is 12.5. The molecule has 1 aliphatic heterocycles. The van der Waals surface area contributed by atoms with Gasteiger partial charge in [-0.25, -0.2) is 0 Å². The monoisotopic (exact) mass is 361 g/mol. The third-order valence-corrected chi connectivity index (χ3v) is 4.47. The van der Waals surface area contributed by atoms with Crippen LogP contribution in [0, 0.1) is 5.92 Å². The molecule has 0 amide bonds. The Morgan fingerprint density at radius 1 is 1.08 bits per heavy atom. The molecule has 134 valence electrons. The third kappa shape index (κ3) is 5.30. The van der Waals surface area contributed by atoms with Crippen molar-refractivity contribution in [2.45, 2.75) is 25.0 Å². The molecule has 2 aromatic carbocycles. The lowest BCUT2D eigenvalue weighted by Crippen LogP contribution is -2.41. The van der Waals surface area contributed by atoms with Gasteiger partial charge in [-0.15, -0.1) is 12.4 Å². The Bertz CT molecular complexity index is 611. The number of benzene rings is 2. The Kier molecular flexibility index (Phi) is 7.44. The van der Waals surface area contributed by atoms with Crippen LogP contribution in [0.2, 0.25) is 0 Å². The first kappa shape index (κ1) is 19.4. The molecular formula is C20H24ClNO3. The maximum absolute atomic E-state index is 12.5. The van der Waals surface area contributed by atoms with Crippen molar-refractivity contribution in [3.63, 3.8) is 0 Å². The number of piperidine rings is 1. The molecule has 5 heteroatoms. The van der Waals surface area contributed by atoms with Gasteiger partial charge in [0.25, 0.3) is 0 Å². The number of ether oxygens (including phenoxy) is 1. The molecule has 25 heavy (non-hydrogen) atoms. The number of aliphatic hydroxyl groups excluding tert-OH is 1. The van der Waals surface area contributed by atoms with E-state index in [2.05, 4.69) is 5.32 Å². The average molecular weight is 362 g/mol. The van der Waals surface area contributed by atoms with Crippen LogP contribution in [0.3, 0.4) is 0 Å². The number of halogens is 1. The van der Waals surface area contributed by atoms with Gasteiger partial charge in [-0.2, -0.15) is 0 Å². The van der Waals surface area contributed by atoms with E-state index in [4.69, 9.17) is 4.74 Å². The first-order valence-corrected chi connectivity index (χ1v) is 8.42. The van der Waals surface area contributed by atoms with E-state index in [-0.39, 0.29) is 30.7 Å². The van der Waals surface area contributed by atoms with E-state index >= 15 is 0 Å². The predicted octanol–water partition coefficient (Wildman–Crippen LogP) is 3.10. The molecule has 2 N–H and O–H groups in total. The minimum absolute atomic E-state index is 0. The van der Waals surface area contributed by atoms with Crippen molar-refractivity contribution < 1.29 is 14.6 Å². The zero-order valence-corrected chi connectivity index (χ0v) is 14.8. The Balaban J connectivity index is 0.00000225. The van der Waals surface area contributed by atoms with Gasteiger partial charge in [0.1, 0.15) is 0 Å². The standard InChI is InChI=1S/C20H23NO3.ClH/c22-18-14-21-12-11-17(18)13-19(23)24-20(15-7-3-1-4-8-15)16-9-5-2-6-10-16;/h1-10,17-18,20-22H,11-14H2;1H/t17-,18+;/m0./s1. The van der Waals surface area contributed by atoms with Crippen molar-refractivity contribution in [1.29, 1.82) is 0 Å². The van der Waals surface area contributed by atoms with Gasteiger partial charge < -0.3 is 15.2 Å². The summed E-state index contributed by atoms with van der Waals surface area (Å²) in [5.41, 5.74) is 1.89. The zero-order chi connectivity index (χ0) is 16.8. The number of nitrogens with one attached hydrogen (secondary N) is 1. The number of hydrogen-bond acceptors (Lipinski definition) is 4. The lowest BCUT2D eigenvalue weighted by molar-refractivity contribution is -0.150. The Morgan fingerprint density at radius 2 is 1.64 bits per heavy atom. The summed E-state index contributed by atoms with van der Waals surface area (Å²) in [5.74, 6) is -0.301. The Morgan fingerprint density at radius 3 is 2.16 bits per heavy atom. The van der Waals surface area contributed by atoms with Gasteiger partial charge in [-0.05, 0) is 30.0 Å². The van der Waals surface area contributed by atoms with Crippen LogP contribution in [-0.4, -0.2) is 30.3 Å². The summed E-state index contributed by atoms with van der Waals surface area (Å²) < 4.78 is 5.80. The van der Waals surface area contributed by atoms with E-state index in [0.717, 1.165) is 24.1 Å². The van der Waals surface area contributed by atoms with Crippen LogP contribution < -0.4 is 5.32 Å². The van der Waals surface area contributed by atoms with Gasteiger partial charge in [-0.3, -0.25) is 4.79 Å². The van der Waals surface area contributed by atoms with E-state index < -0.39 is 12.2 Å². The minimum Gasteiger partial charge on any atom is -0.453 e. The summed E-state index contributed by atoms with van der Waals surface area (Å²) in [7, 11) is 0. The predicted molar refractivity (Wildman–Crippen MR) is 99.7 cm³/mol. The second kappa shape index (κ2) is 9.56. The van der Waals surface area contributed by atoms with Crippen molar-refractivity contribution in [3.8, 4) is 0 Å². The van der Waals surface area contributed by atoms with Gasteiger partial charge in [0, 0.05) is 6.54 Å². The largest absolute Gasteiger partial charge is 0.453 e. The lowest BCUT2D eigenvalue weighted by atomic mass is 9.92. The molecule has 2 aromatic rings. The topological polar surface area (TPSA) is 58.6 Å². The van der Waals surface area contributed by atoms with Gasteiger partial charge in [0.05, 0.1) is 12.5 Å². The molecule has 0 saturated carbocycles. The van der Waals surface area contributed by atoms with E-state index in [9.17, 15) is 9.90 Å². The fraction of sp³-hybridized carbons (Fsp3) is 0.350. The highest BCUT2D eigenvalue weighted by atomic mass is 35.5. The van der Waals surface area contributed by atoms with E-state index in [1.165, 1.54) is 0 Å². The van der Waals surface area contributed by atoms with Crippen LogP contribution in [0.25, 0.3) is 0 Å². The molecular weight excluding hydrogens is 338 g/mol. The molecule has 4 nitrogen and oxygen atoms in total. The van der Waals surface area contributed by atoms with Crippen molar-refractivity contribution >= 4 is 18.4 Å². The number of β-amino-alcohol motifs (C(OH)–C–C–N with tert-alkyl or cyclic N) is 1. The SMILES string of the molecule is Cl.O=C(C[C@@H]1CCNC[C@H]1O)OC(c1ccccc1)c1ccccc1. The number of carbonyl (C=O) groups excluding carboxylic acids is 1. The second-order valence-electron chi connectivity index (χ2n) is 6.22. The van der Waals surface area contributed by atoms with Crippen molar-refractivity contribution in [2.24, 2.45) is 5.92 Å². The number of esters is 1. The number of rotatable bonds is 5. The number of carbonyl (C=O) groups is 1. The molecule has 0 spiro atoms. The Hall–Kier alpha value is -1.88. The first-order chi connectivity index (χ1) is 11.7.